The molecule has 0 bridgehead atoms. The lowest BCUT2D eigenvalue weighted by Gasteiger charge is -2.26. The Hall–Kier alpha value is -1.82. The van der Waals surface area contributed by atoms with Crippen LogP contribution < -0.4 is 11.1 Å². The van der Waals surface area contributed by atoms with Crippen LogP contribution >= 0.6 is 0 Å². The Morgan fingerprint density at radius 2 is 2.18 bits per heavy atom. The number of nitro benzene ring substituents is 1. The first-order valence-corrected chi connectivity index (χ1v) is 5.29. The number of hydrogen-bond acceptors (Lipinski definition) is 5. The molecule has 1 aromatic carbocycles. The van der Waals surface area contributed by atoms with Gasteiger partial charge in [0.1, 0.15) is 11.4 Å². The second-order valence-corrected chi connectivity index (χ2v) is 4.48. The van der Waals surface area contributed by atoms with Crippen molar-refractivity contribution >= 4 is 17.1 Å². The van der Waals surface area contributed by atoms with Gasteiger partial charge in [-0.2, -0.15) is 0 Å². The molecule has 0 spiro atoms. The van der Waals surface area contributed by atoms with E-state index in [1.807, 2.05) is 13.8 Å². The van der Waals surface area contributed by atoms with Crippen molar-refractivity contribution in [2.24, 2.45) is 0 Å². The van der Waals surface area contributed by atoms with Gasteiger partial charge >= 0.3 is 5.69 Å². The predicted octanol–water partition coefficient (Wildman–Crippen LogP) is 1.75. The van der Waals surface area contributed by atoms with Crippen LogP contribution in [0.1, 0.15) is 20.3 Å². The van der Waals surface area contributed by atoms with Crippen molar-refractivity contribution < 1.29 is 10.0 Å². The van der Waals surface area contributed by atoms with Gasteiger partial charge in [-0.15, -0.1) is 0 Å². The van der Waals surface area contributed by atoms with E-state index in [9.17, 15) is 10.1 Å². The summed E-state index contributed by atoms with van der Waals surface area (Å²) in [5.41, 5.74) is 5.51. The molecule has 6 nitrogen and oxygen atoms in total. The molecule has 17 heavy (non-hydrogen) atoms. The Bertz CT molecular complexity index is 418. The van der Waals surface area contributed by atoms with Crippen molar-refractivity contribution in [2.45, 2.75) is 25.8 Å². The van der Waals surface area contributed by atoms with Crippen molar-refractivity contribution in [1.29, 1.82) is 0 Å². The van der Waals surface area contributed by atoms with E-state index in [1.54, 1.807) is 12.1 Å². The highest BCUT2D eigenvalue weighted by molar-refractivity contribution is 5.74. The number of para-hydroxylation sites is 1. The Balaban J connectivity index is 3.06. The lowest BCUT2D eigenvalue weighted by molar-refractivity contribution is -0.383. The molecule has 4 N–H and O–H groups in total. The minimum absolute atomic E-state index is 0.0100. The highest BCUT2D eigenvalue weighted by Gasteiger charge is 2.23. The molecular weight excluding hydrogens is 222 g/mol. The number of nitrogens with one attached hydrogen (secondary N) is 1. The van der Waals surface area contributed by atoms with Gasteiger partial charge in [-0.3, -0.25) is 10.1 Å². The molecule has 1 rings (SSSR count). The second kappa shape index (κ2) is 5.01. The van der Waals surface area contributed by atoms with Crippen LogP contribution in [0.5, 0.6) is 0 Å². The van der Waals surface area contributed by atoms with Gasteiger partial charge in [-0.05, 0) is 32.4 Å². The topological polar surface area (TPSA) is 101 Å². The summed E-state index contributed by atoms with van der Waals surface area (Å²) in [5, 5.41) is 22.9. The zero-order valence-electron chi connectivity index (χ0n) is 9.93. The van der Waals surface area contributed by atoms with Crippen molar-refractivity contribution in [2.75, 3.05) is 17.7 Å². The molecule has 0 amide bonds. The number of rotatable bonds is 5. The van der Waals surface area contributed by atoms with Crippen molar-refractivity contribution in [3.05, 3.63) is 28.3 Å². The summed E-state index contributed by atoms with van der Waals surface area (Å²) in [6.07, 6.45) is 0.485. The first-order valence-electron chi connectivity index (χ1n) is 5.29. The summed E-state index contributed by atoms with van der Waals surface area (Å²) in [6.45, 7) is 3.72. The number of nitrogens with zero attached hydrogens (tertiary/aromatic N) is 1. The predicted molar refractivity (Wildman–Crippen MR) is 66.9 cm³/mol. The molecule has 0 heterocycles. The van der Waals surface area contributed by atoms with Crippen LogP contribution in [-0.2, 0) is 0 Å². The summed E-state index contributed by atoms with van der Waals surface area (Å²) in [4.78, 5) is 10.4. The number of nitro groups is 1. The van der Waals surface area contributed by atoms with Crippen LogP contribution in [0.15, 0.2) is 18.2 Å². The maximum Gasteiger partial charge on any atom is 0.314 e. The second-order valence-electron chi connectivity index (χ2n) is 4.48. The first-order chi connectivity index (χ1) is 7.87. The average molecular weight is 239 g/mol. The monoisotopic (exact) mass is 239 g/mol. The third-order valence-corrected chi connectivity index (χ3v) is 2.46. The van der Waals surface area contributed by atoms with Crippen LogP contribution in [0.2, 0.25) is 0 Å². The lowest BCUT2D eigenvalue weighted by atomic mass is 10.0. The van der Waals surface area contributed by atoms with Gasteiger partial charge in [0.25, 0.3) is 0 Å². The third kappa shape index (κ3) is 3.32. The van der Waals surface area contributed by atoms with Crippen LogP contribution in [0.4, 0.5) is 17.1 Å². The van der Waals surface area contributed by atoms with Crippen molar-refractivity contribution in [1.82, 2.24) is 0 Å². The molecule has 0 aromatic heterocycles. The number of aliphatic hydroxyl groups excluding tert-OH is 1. The number of aliphatic hydroxyl groups is 1. The summed E-state index contributed by atoms with van der Waals surface area (Å²) in [5.74, 6) is 0. The van der Waals surface area contributed by atoms with E-state index in [1.165, 1.54) is 6.07 Å². The van der Waals surface area contributed by atoms with E-state index >= 15 is 0 Å². The average Bonchev–Trinajstić information content (AvgIpc) is 2.15. The Labute approximate surface area is 99.6 Å². The summed E-state index contributed by atoms with van der Waals surface area (Å²) < 4.78 is 0. The maximum atomic E-state index is 10.9. The van der Waals surface area contributed by atoms with Crippen LogP contribution in [0.3, 0.4) is 0 Å². The highest BCUT2D eigenvalue weighted by Crippen LogP contribution is 2.32. The Morgan fingerprint density at radius 1 is 1.53 bits per heavy atom. The van der Waals surface area contributed by atoms with E-state index in [0.29, 0.717) is 12.1 Å². The largest absolute Gasteiger partial charge is 0.396 e. The van der Waals surface area contributed by atoms with E-state index in [-0.39, 0.29) is 18.0 Å². The quantitative estimate of drug-likeness (QED) is 0.413. The number of nitrogen functional groups attached to an aromatic ring is 1. The molecule has 0 aliphatic carbocycles. The molecule has 0 aliphatic heterocycles. The molecule has 0 radical (unpaired) electrons. The third-order valence-electron chi connectivity index (χ3n) is 2.46. The van der Waals surface area contributed by atoms with E-state index < -0.39 is 10.5 Å². The van der Waals surface area contributed by atoms with Gasteiger partial charge in [0.05, 0.1) is 4.92 Å². The Kier molecular flexibility index (Phi) is 3.90. The number of anilines is 2. The smallest absolute Gasteiger partial charge is 0.314 e. The summed E-state index contributed by atoms with van der Waals surface area (Å²) in [7, 11) is 0. The normalized spacial score (nSPS) is 11.2. The highest BCUT2D eigenvalue weighted by atomic mass is 16.6. The molecule has 0 saturated carbocycles. The molecule has 0 saturated heterocycles. The number of nitrogens with two attached hydrogens (primary N) is 1. The first kappa shape index (κ1) is 13.2. The summed E-state index contributed by atoms with van der Waals surface area (Å²) in [6, 6.07) is 4.75. The minimum Gasteiger partial charge on any atom is -0.396 e. The fourth-order valence-corrected chi connectivity index (χ4v) is 1.57. The van der Waals surface area contributed by atoms with Crippen molar-refractivity contribution in [3.63, 3.8) is 0 Å². The number of hydrogen-bond donors (Lipinski definition) is 3. The van der Waals surface area contributed by atoms with Gasteiger partial charge in [0, 0.05) is 12.1 Å². The van der Waals surface area contributed by atoms with Gasteiger partial charge in [0.2, 0.25) is 0 Å². The zero-order valence-corrected chi connectivity index (χ0v) is 9.93. The maximum absolute atomic E-state index is 10.9. The molecule has 1 aromatic rings. The van der Waals surface area contributed by atoms with Crippen LogP contribution in [-0.4, -0.2) is 22.2 Å². The van der Waals surface area contributed by atoms with Gasteiger partial charge < -0.3 is 16.2 Å². The standard InChI is InChI=1S/C11H17N3O3/c1-11(2,6-7-15)13-9-5-3-4-8(12)10(9)14(16)17/h3-5,13,15H,6-7,12H2,1-2H3. The SMILES string of the molecule is CC(C)(CCO)Nc1cccc(N)c1[N+](=O)[O-]. The van der Waals surface area contributed by atoms with Crippen LogP contribution in [0.25, 0.3) is 0 Å². The fraction of sp³-hybridized carbons (Fsp3) is 0.455. The van der Waals surface area contributed by atoms with Gasteiger partial charge in [-0.25, -0.2) is 0 Å². The minimum atomic E-state index is -0.507. The van der Waals surface area contributed by atoms with Crippen molar-refractivity contribution in [3.8, 4) is 0 Å². The van der Waals surface area contributed by atoms with E-state index in [4.69, 9.17) is 10.8 Å². The van der Waals surface area contributed by atoms with Gasteiger partial charge in [-0.1, -0.05) is 6.07 Å². The summed E-state index contributed by atoms with van der Waals surface area (Å²) >= 11 is 0. The number of benzene rings is 1. The van der Waals surface area contributed by atoms with E-state index in [0.717, 1.165) is 0 Å². The Morgan fingerprint density at radius 3 is 2.71 bits per heavy atom. The molecule has 6 heteroatoms. The zero-order chi connectivity index (χ0) is 13.1. The fourth-order valence-electron chi connectivity index (χ4n) is 1.57. The molecule has 94 valence electrons. The molecule has 0 atom stereocenters. The molecule has 0 unspecified atom stereocenters. The van der Waals surface area contributed by atoms with Crippen LogP contribution in [0, 0.1) is 10.1 Å². The van der Waals surface area contributed by atoms with Gasteiger partial charge in [0.15, 0.2) is 0 Å². The molecule has 0 aliphatic rings. The molecular formula is C11H17N3O3. The molecule has 0 fully saturated rings. The van der Waals surface area contributed by atoms with E-state index in [2.05, 4.69) is 5.32 Å². The lowest BCUT2D eigenvalue weighted by Crippen LogP contribution is -2.32.